The van der Waals surface area contributed by atoms with Crippen LogP contribution >= 0.6 is 0 Å². The molecule has 3 aliphatic rings. The highest BCUT2D eigenvalue weighted by Gasteiger charge is 2.54. The van der Waals surface area contributed by atoms with Gasteiger partial charge < -0.3 is 14.2 Å². The maximum Gasteiger partial charge on any atom is 0.224 e. The number of carbonyl (C=O) groups excluding carboxylic acids is 1. The second kappa shape index (κ2) is 9.78. The number of carbonyl (C=O) groups is 1. The van der Waals surface area contributed by atoms with Crippen LogP contribution in [0.4, 0.5) is 0 Å². The molecule has 2 atom stereocenters. The van der Waals surface area contributed by atoms with E-state index in [4.69, 9.17) is 4.42 Å². The summed E-state index contributed by atoms with van der Waals surface area (Å²) in [6.45, 7) is 13.0. The summed E-state index contributed by atoms with van der Waals surface area (Å²) < 4.78 is 6.02. The van der Waals surface area contributed by atoms with E-state index in [9.17, 15) is 4.79 Å². The first-order valence-corrected chi connectivity index (χ1v) is 13.0. The topological polar surface area (TPSA) is 65.7 Å². The fourth-order valence-electron chi connectivity index (χ4n) is 6.37. The van der Waals surface area contributed by atoms with Gasteiger partial charge in [-0.25, -0.2) is 0 Å². The van der Waals surface area contributed by atoms with Crippen molar-refractivity contribution < 1.29 is 9.21 Å². The molecule has 1 aromatic carbocycles. The zero-order valence-corrected chi connectivity index (χ0v) is 20.9. The van der Waals surface area contributed by atoms with Gasteiger partial charge in [-0.2, -0.15) is 0 Å². The van der Waals surface area contributed by atoms with Crippen molar-refractivity contribution in [2.75, 3.05) is 39.3 Å². The summed E-state index contributed by atoms with van der Waals surface area (Å²) in [5, 5.41) is 8.63. The average molecular weight is 466 g/mol. The predicted octanol–water partition coefficient (Wildman–Crippen LogP) is 3.49. The van der Waals surface area contributed by atoms with Gasteiger partial charge in [0, 0.05) is 58.0 Å². The third-order valence-electron chi connectivity index (χ3n) is 8.43. The van der Waals surface area contributed by atoms with Crippen LogP contribution in [0.25, 0.3) is 0 Å². The number of rotatable bonds is 6. The molecule has 0 aliphatic carbocycles. The number of piperidine rings is 2. The molecular formula is C27H39N5O2. The van der Waals surface area contributed by atoms with Gasteiger partial charge in [0.2, 0.25) is 17.7 Å². The lowest BCUT2D eigenvalue weighted by Gasteiger charge is -2.42. The molecule has 1 aromatic heterocycles. The highest BCUT2D eigenvalue weighted by Crippen LogP contribution is 2.45. The fraction of sp³-hybridized carbons (Fsp3) is 0.667. The molecule has 4 heterocycles. The van der Waals surface area contributed by atoms with Gasteiger partial charge in [0.25, 0.3) is 0 Å². The summed E-state index contributed by atoms with van der Waals surface area (Å²) in [4.78, 5) is 20.5. The number of hydrogen-bond acceptors (Lipinski definition) is 6. The summed E-state index contributed by atoms with van der Waals surface area (Å²) in [5.41, 5.74) is 1.16. The van der Waals surface area contributed by atoms with E-state index in [2.05, 4.69) is 69.1 Å². The van der Waals surface area contributed by atoms with Crippen molar-refractivity contribution in [3.8, 4) is 0 Å². The molecule has 7 heteroatoms. The van der Waals surface area contributed by atoms with Gasteiger partial charge in [0.05, 0.1) is 5.41 Å². The minimum atomic E-state index is -0.157. The van der Waals surface area contributed by atoms with E-state index < -0.39 is 0 Å². The van der Waals surface area contributed by atoms with Crippen molar-refractivity contribution in [2.45, 2.75) is 64.5 Å². The summed E-state index contributed by atoms with van der Waals surface area (Å²) in [5.74, 6) is 2.55. The molecule has 3 aliphatic heterocycles. The lowest BCUT2D eigenvalue weighted by molar-refractivity contribution is -0.135. The quantitative estimate of drug-likeness (QED) is 0.651. The van der Waals surface area contributed by atoms with Gasteiger partial charge in [0.1, 0.15) is 0 Å². The minimum absolute atomic E-state index is 0.157. The van der Waals surface area contributed by atoms with Crippen molar-refractivity contribution in [1.29, 1.82) is 0 Å². The number of amides is 1. The first kappa shape index (κ1) is 23.5. The number of hydrogen-bond donors (Lipinski definition) is 0. The maximum atomic E-state index is 13.3. The van der Waals surface area contributed by atoms with E-state index in [1.54, 1.807) is 0 Å². The van der Waals surface area contributed by atoms with Crippen LogP contribution < -0.4 is 0 Å². The molecule has 3 saturated heterocycles. The summed E-state index contributed by atoms with van der Waals surface area (Å²) >= 11 is 0. The van der Waals surface area contributed by atoms with Crippen molar-refractivity contribution in [2.24, 2.45) is 11.8 Å². The Hall–Kier alpha value is -2.25. The monoisotopic (exact) mass is 465 g/mol. The SMILES string of the molecule is Cc1nnc([C@]23CCN(C(=O)CC4CCN(C(C)C)CC4)C[C@H]2CN(Cc2ccccc2)C3)o1. The van der Waals surface area contributed by atoms with E-state index in [0.717, 1.165) is 71.0 Å². The Morgan fingerprint density at radius 2 is 1.88 bits per heavy atom. The van der Waals surface area contributed by atoms with E-state index in [0.29, 0.717) is 36.1 Å². The average Bonchev–Trinajstić information content (AvgIpc) is 3.43. The highest BCUT2D eigenvalue weighted by atomic mass is 16.4. The van der Waals surface area contributed by atoms with Crippen LogP contribution in [0.3, 0.4) is 0 Å². The second-order valence-corrected chi connectivity index (χ2v) is 11.0. The Kier molecular flexibility index (Phi) is 6.76. The number of aromatic nitrogens is 2. The largest absolute Gasteiger partial charge is 0.425 e. The van der Waals surface area contributed by atoms with Crippen molar-refractivity contribution >= 4 is 5.91 Å². The summed E-state index contributed by atoms with van der Waals surface area (Å²) in [6.07, 6.45) is 3.86. The van der Waals surface area contributed by atoms with Crippen LogP contribution in [0.5, 0.6) is 0 Å². The minimum Gasteiger partial charge on any atom is -0.425 e. The number of aryl methyl sites for hydroxylation is 1. The molecule has 34 heavy (non-hydrogen) atoms. The summed E-state index contributed by atoms with van der Waals surface area (Å²) in [7, 11) is 0. The molecule has 0 saturated carbocycles. The molecule has 0 bridgehead atoms. The fourth-order valence-corrected chi connectivity index (χ4v) is 6.37. The Bertz CT molecular complexity index is 968. The van der Waals surface area contributed by atoms with Gasteiger partial charge >= 0.3 is 0 Å². The molecule has 5 rings (SSSR count). The molecule has 1 amide bonds. The molecule has 0 radical (unpaired) electrons. The highest BCUT2D eigenvalue weighted by molar-refractivity contribution is 5.76. The van der Waals surface area contributed by atoms with Crippen LogP contribution in [-0.4, -0.2) is 76.1 Å². The van der Waals surface area contributed by atoms with Crippen LogP contribution in [0, 0.1) is 18.8 Å². The zero-order chi connectivity index (χ0) is 23.7. The standard InChI is InChI=1S/C27H39N5O2/c1-20(2)31-12-9-22(10-13-31)15-25(33)32-14-11-27(26-29-28-21(3)34-26)19-30(17-24(27)18-32)16-23-7-5-4-6-8-23/h4-8,20,22,24H,9-19H2,1-3H3/t24-,27+/m1/s1. The lowest BCUT2D eigenvalue weighted by atomic mass is 9.72. The van der Waals surface area contributed by atoms with Gasteiger partial charge in [-0.05, 0) is 57.7 Å². The number of benzene rings is 1. The van der Waals surface area contributed by atoms with E-state index in [1.807, 2.05) is 6.92 Å². The first-order valence-electron chi connectivity index (χ1n) is 13.0. The Labute approximate surface area is 203 Å². The third kappa shape index (κ3) is 4.78. The van der Waals surface area contributed by atoms with Crippen LogP contribution in [-0.2, 0) is 16.8 Å². The normalized spacial score (nSPS) is 26.8. The number of likely N-dealkylation sites (tertiary alicyclic amines) is 3. The molecule has 0 unspecified atom stereocenters. The van der Waals surface area contributed by atoms with Crippen LogP contribution in [0.15, 0.2) is 34.7 Å². The van der Waals surface area contributed by atoms with Gasteiger partial charge in [-0.15, -0.1) is 10.2 Å². The van der Waals surface area contributed by atoms with E-state index >= 15 is 0 Å². The van der Waals surface area contributed by atoms with Crippen molar-refractivity contribution in [3.63, 3.8) is 0 Å². The first-order chi connectivity index (χ1) is 16.4. The predicted molar refractivity (Wildman–Crippen MR) is 131 cm³/mol. The molecule has 0 N–H and O–H groups in total. The van der Waals surface area contributed by atoms with E-state index in [1.165, 1.54) is 5.56 Å². The number of fused-ring (bicyclic) bond motifs is 1. The smallest absolute Gasteiger partial charge is 0.224 e. The van der Waals surface area contributed by atoms with Crippen LogP contribution in [0.1, 0.15) is 56.9 Å². The Morgan fingerprint density at radius 1 is 1.12 bits per heavy atom. The molecule has 184 valence electrons. The molecule has 7 nitrogen and oxygen atoms in total. The summed E-state index contributed by atoms with van der Waals surface area (Å²) in [6, 6.07) is 11.2. The second-order valence-electron chi connectivity index (χ2n) is 11.0. The van der Waals surface area contributed by atoms with Crippen molar-refractivity contribution in [3.05, 3.63) is 47.7 Å². The zero-order valence-electron chi connectivity index (χ0n) is 20.9. The Balaban J connectivity index is 1.26. The van der Waals surface area contributed by atoms with Gasteiger partial charge in [-0.1, -0.05) is 30.3 Å². The molecular weight excluding hydrogens is 426 g/mol. The maximum absolute atomic E-state index is 13.3. The molecule has 2 aromatic rings. The van der Waals surface area contributed by atoms with Gasteiger partial charge in [-0.3, -0.25) is 9.69 Å². The van der Waals surface area contributed by atoms with Crippen LogP contribution in [0.2, 0.25) is 0 Å². The van der Waals surface area contributed by atoms with Gasteiger partial charge in [0.15, 0.2) is 0 Å². The van der Waals surface area contributed by atoms with Crippen molar-refractivity contribution in [1.82, 2.24) is 24.9 Å². The number of nitrogens with zero attached hydrogens (tertiary/aromatic N) is 5. The third-order valence-corrected chi connectivity index (χ3v) is 8.43. The molecule has 3 fully saturated rings. The van der Waals surface area contributed by atoms with E-state index in [-0.39, 0.29) is 5.41 Å². The lowest BCUT2D eigenvalue weighted by Crippen LogP contribution is -2.52. The molecule has 0 spiro atoms. The Morgan fingerprint density at radius 3 is 2.56 bits per heavy atom.